The van der Waals surface area contributed by atoms with E-state index in [0.717, 1.165) is 22.8 Å². The zero-order valence-corrected chi connectivity index (χ0v) is 12.1. The van der Waals surface area contributed by atoms with E-state index in [1.165, 1.54) is 18.4 Å². The van der Waals surface area contributed by atoms with Gasteiger partial charge in [0.05, 0.1) is 0 Å². The molecular formula is C17H18FNS. The Bertz CT molecular complexity index is 566. The van der Waals surface area contributed by atoms with Crippen molar-refractivity contribution in [1.29, 1.82) is 0 Å². The predicted molar refractivity (Wildman–Crippen MR) is 82.3 cm³/mol. The van der Waals surface area contributed by atoms with Gasteiger partial charge in [-0.3, -0.25) is 0 Å². The van der Waals surface area contributed by atoms with Gasteiger partial charge in [0, 0.05) is 23.2 Å². The first-order valence-corrected chi connectivity index (χ1v) is 7.98. The van der Waals surface area contributed by atoms with Crippen molar-refractivity contribution in [3.05, 3.63) is 65.5 Å². The highest BCUT2D eigenvalue weighted by molar-refractivity contribution is 7.98. The van der Waals surface area contributed by atoms with Gasteiger partial charge in [0.1, 0.15) is 5.82 Å². The van der Waals surface area contributed by atoms with Gasteiger partial charge in [-0.15, -0.1) is 11.8 Å². The van der Waals surface area contributed by atoms with Crippen molar-refractivity contribution < 1.29 is 4.39 Å². The summed E-state index contributed by atoms with van der Waals surface area (Å²) in [5.74, 6) is 0.693. The largest absolute Gasteiger partial charge is 0.310 e. The smallest absolute Gasteiger partial charge is 0.137 e. The molecule has 3 heteroatoms. The van der Waals surface area contributed by atoms with Crippen molar-refractivity contribution >= 4 is 11.8 Å². The summed E-state index contributed by atoms with van der Waals surface area (Å²) in [6.07, 6.45) is 2.51. The first kappa shape index (κ1) is 13.7. The van der Waals surface area contributed by atoms with E-state index in [4.69, 9.17) is 0 Å². The normalized spacial score (nSPS) is 14.4. The number of nitrogens with one attached hydrogen (secondary N) is 1. The van der Waals surface area contributed by atoms with E-state index in [2.05, 4.69) is 17.4 Å². The van der Waals surface area contributed by atoms with E-state index in [1.807, 2.05) is 30.3 Å². The maximum atomic E-state index is 14.0. The van der Waals surface area contributed by atoms with Crippen LogP contribution < -0.4 is 5.32 Å². The summed E-state index contributed by atoms with van der Waals surface area (Å²) in [5.41, 5.74) is 2.25. The third kappa shape index (κ3) is 3.84. The van der Waals surface area contributed by atoms with Gasteiger partial charge in [-0.1, -0.05) is 36.4 Å². The quantitative estimate of drug-likeness (QED) is 0.792. The van der Waals surface area contributed by atoms with Crippen LogP contribution in [0.15, 0.2) is 53.4 Å². The molecule has 0 spiro atoms. The average Bonchev–Trinajstić information content (AvgIpc) is 3.29. The average molecular weight is 287 g/mol. The number of thioether (sulfide) groups is 1. The molecule has 1 aliphatic rings. The van der Waals surface area contributed by atoms with Gasteiger partial charge in [0.25, 0.3) is 0 Å². The SMILES string of the molecule is Fc1cc(CNC2CC2)ccc1SCc1ccccc1. The first-order chi connectivity index (χ1) is 9.81. The second kappa shape index (κ2) is 6.42. The minimum absolute atomic E-state index is 0.110. The number of halogens is 1. The summed E-state index contributed by atoms with van der Waals surface area (Å²) in [7, 11) is 0. The van der Waals surface area contributed by atoms with Crippen LogP contribution in [0.5, 0.6) is 0 Å². The molecule has 0 amide bonds. The van der Waals surface area contributed by atoms with Gasteiger partial charge < -0.3 is 5.32 Å². The molecule has 1 nitrogen and oxygen atoms in total. The van der Waals surface area contributed by atoms with E-state index in [9.17, 15) is 4.39 Å². The second-order valence-electron chi connectivity index (χ2n) is 5.19. The minimum atomic E-state index is -0.110. The molecule has 0 aliphatic heterocycles. The summed E-state index contributed by atoms with van der Waals surface area (Å²) in [6.45, 7) is 0.769. The Morgan fingerprint density at radius 3 is 2.55 bits per heavy atom. The maximum absolute atomic E-state index is 14.0. The minimum Gasteiger partial charge on any atom is -0.310 e. The summed E-state index contributed by atoms with van der Waals surface area (Å²) >= 11 is 1.55. The van der Waals surface area contributed by atoms with Crippen LogP contribution in [0.1, 0.15) is 24.0 Å². The van der Waals surface area contributed by atoms with Crippen molar-refractivity contribution in [2.45, 2.75) is 36.1 Å². The van der Waals surface area contributed by atoms with Crippen molar-refractivity contribution in [1.82, 2.24) is 5.32 Å². The van der Waals surface area contributed by atoms with Crippen LogP contribution in [-0.4, -0.2) is 6.04 Å². The predicted octanol–water partition coefficient (Wildman–Crippen LogP) is 4.37. The Morgan fingerprint density at radius 2 is 1.85 bits per heavy atom. The molecule has 2 aromatic rings. The molecular weight excluding hydrogens is 269 g/mol. The lowest BCUT2D eigenvalue weighted by molar-refractivity contribution is 0.595. The standard InChI is InChI=1S/C17H18FNS/c18-16-10-14(11-19-15-7-8-15)6-9-17(16)20-12-13-4-2-1-3-5-13/h1-6,9-10,15,19H,7-8,11-12H2. The number of rotatable bonds is 6. The fourth-order valence-electron chi connectivity index (χ4n) is 2.06. The Morgan fingerprint density at radius 1 is 1.05 bits per heavy atom. The highest BCUT2D eigenvalue weighted by Crippen LogP contribution is 2.26. The van der Waals surface area contributed by atoms with E-state index >= 15 is 0 Å². The molecule has 1 saturated carbocycles. The summed E-state index contributed by atoms with van der Waals surface area (Å²) in [5, 5.41) is 3.40. The Hall–Kier alpha value is -1.32. The van der Waals surface area contributed by atoms with Gasteiger partial charge >= 0.3 is 0 Å². The molecule has 1 fully saturated rings. The van der Waals surface area contributed by atoms with Crippen LogP contribution in [0.25, 0.3) is 0 Å². The van der Waals surface area contributed by atoms with E-state index in [1.54, 1.807) is 17.8 Å². The molecule has 1 aliphatic carbocycles. The van der Waals surface area contributed by atoms with Gasteiger partial charge in [-0.05, 0) is 36.1 Å². The van der Waals surface area contributed by atoms with Crippen LogP contribution in [0, 0.1) is 5.82 Å². The van der Waals surface area contributed by atoms with E-state index in [-0.39, 0.29) is 5.82 Å². The number of hydrogen-bond donors (Lipinski definition) is 1. The molecule has 0 heterocycles. The van der Waals surface area contributed by atoms with Crippen molar-refractivity contribution in [2.24, 2.45) is 0 Å². The van der Waals surface area contributed by atoms with Crippen LogP contribution in [0.4, 0.5) is 4.39 Å². The molecule has 0 bridgehead atoms. The third-order valence-corrected chi connectivity index (χ3v) is 4.53. The lowest BCUT2D eigenvalue weighted by Crippen LogP contribution is -2.15. The van der Waals surface area contributed by atoms with Gasteiger partial charge in [-0.2, -0.15) is 0 Å². The van der Waals surface area contributed by atoms with Crippen molar-refractivity contribution in [3.63, 3.8) is 0 Å². The van der Waals surface area contributed by atoms with Gasteiger partial charge in [0.15, 0.2) is 0 Å². The van der Waals surface area contributed by atoms with Gasteiger partial charge in [0.2, 0.25) is 0 Å². The van der Waals surface area contributed by atoms with Crippen molar-refractivity contribution in [3.8, 4) is 0 Å². The van der Waals surface area contributed by atoms with Crippen LogP contribution in [-0.2, 0) is 12.3 Å². The fraction of sp³-hybridized carbons (Fsp3) is 0.294. The maximum Gasteiger partial charge on any atom is 0.137 e. The third-order valence-electron chi connectivity index (χ3n) is 3.41. The molecule has 20 heavy (non-hydrogen) atoms. The molecule has 104 valence electrons. The lowest BCUT2D eigenvalue weighted by Gasteiger charge is -2.07. The summed E-state index contributed by atoms with van der Waals surface area (Å²) < 4.78 is 14.0. The highest BCUT2D eigenvalue weighted by atomic mass is 32.2. The van der Waals surface area contributed by atoms with Crippen molar-refractivity contribution in [2.75, 3.05) is 0 Å². The van der Waals surface area contributed by atoms with Gasteiger partial charge in [-0.25, -0.2) is 4.39 Å². The highest BCUT2D eigenvalue weighted by Gasteiger charge is 2.20. The molecule has 0 saturated heterocycles. The fourth-order valence-corrected chi connectivity index (χ4v) is 2.93. The first-order valence-electron chi connectivity index (χ1n) is 7.00. The molecule has 0 atom stereocenters. The zero-order valence-electron chi connectivity index (χ0n) is 11.3. The monoisotopic (exact) mass is 287 g/mol. The Balaban J connectivity index is 1.58. The Kier molecular flexibility index (Phi) is 4.38. The molecule has 0 aromatic heterocycles. The number of hydrogen-bond acceptors (Lipinski definition) is 2. The zero-order chi connectivity index (χ0) is 13.8. The molecule has 2 aromatic carbocycles. The summed E-state index contributed by atoms with van der Waals surface area (Å²) in [4.78, 5) is 0.726. The van der Waals surface area contributed by atoms with E-state index in [0.29, 0.717) is 6.04 Å². The molecule has 0 unspecified atom stereocenters. The number of benzene rings is 2. The molecule has 1 N–H and O–H groups in total. The van der Waals surface area contributed by atoms with Crippen LogP contribution in [0.3, 0.4) is 0 Å². The lowest BCUT2D eigenvalue weighted by atomic mass is 10.2. The van der Waals surface area contributed by atoms with E-state index < -0.39 is 0 Å². The summed E-state index contributed by atoms with van der Waals surface area (Å²) in [6, 6.07) is 16.4. The molecule has 0 radical (unpaired) electrons. The Labute approximate surface area is 123 Å². The van der Waals surface area contributed by atoms with Crippen LogP contribution in [0.2, 0.25) is 0 Å². The molecule has 3 rings (SSSR count). The second-order valence-corrected chi connectivity index (χ2v) is 6.21. The topological polar surface area (TPSA) is 12.0 Å². The van der Waals surface area contributed by atoms with Crippen LogP contribution >= 0.6 is 11.8 Å².